The van der Waals surface area contributed by atoms with Gasteiger partial charge in [0, 0.05) is 51.0 Å². The highest BCUT2D eigenvalue weighted by molar-refractivity contribution is 7.07. The number of rotatable bonds is 5. The number of hydrogen-bond acceptors (Lipinski definition) is 4. The van der Waals surface area contributed by atoms with Gasteiger partial charge in [0.1, 0.15) is 0 Å². The number of aryl methyl sites for hydroxylation is 1. The largest absolute Gasteiger partial charge is 0.338 e. The Hall–Kier alpha value is -1.72. The Morgan fingerprint density at radius 2 is 2.00 bits per heavy atom. The van der Waals surface area contributed by atoms with Crippen LogP contribution in [0.1, 0.15) is 30.4 Å². The molecule has 0 aliphatic carbocycles. The summed E-state index contributed by atoms with van der Waals surface area (Å²) in [4.78, 5) is 21.6. The van der Waals surface area contributed by atoms with Gasteiger partial charge in [0.05, 0.1) is 0 Å². The Bertz CT molecular complexity index is 688. The van der Waals surface area contributed by atoms with Crippen molar-refractivity contribution >= 4 is 17.2 Å². The van der Waals surface area contributed by atoms with E-state index in [0.29, 0.717) is 24.3 Å². The molecule has 0 spiro atoms. The highest BCUT2D eigenvalue weighted by Crippen LogP contribution is 2.29. The minimum Gasteiger partial charge on any atom is -0.338 e. The van der Waals surface area contributed by atoms with Crippen LogP contribution in [0, 0.1) is 5.92 Å². The quantitative estimate of drug-likeness (QED) is 0.826. The second kappa shape index (κ2) is 7.67. The third kappa shape index (κ3) is 4.10. The van der Waals surface area contributed by atoms with Gasteiger partial charge in [-0.1, -0.05) is 0 Å². The van der Waals surface area contributed by atoms with Crippen LogP contribution in [0.4, 0.5) is 0 Å². The minimum absolute atomic E-state index is 0.340. The molecule has 0 radical (unpaired) electrons. The highest BCUT2D eigenvalue weighted by Gasteiger charge is 2.36. The van der Waals surface area contributed by atoms with Crippen LogP contribution in [0.15, 0.2) is 41.4 Å². The number of hydrogen-bond donors (Lipinski definition) is 0. The molecule has 2 aromatic rings. The Morgan fingerprint density at radius 1 is 1.12 bits per heavy atom. The van der Waals surface area contributed by atoms with Crippen molar-refractivity contribution in [3.8, 4) is 0 Å². The van der Waals surface area contributed by atoms with Crippen molar-refractivity contribution in [1.82, 2.24) is 14.8 Å². The van der Waals surface area contributed by atoms with Crippen molar-refractivity contribution in [2.75, 3.05) is 19.6 Å². The molecule has 3 aliphatic rings. The van der Waals surface area contributed by atoms with Crippen molar-refractivity contribution in [2.24, 2.45) is 5.92 Å². The van der Waals surface area contributed by atoms with E-state index >= 15 is 0 Å². The van der Waals surface area contributed by atoms with Crippen molar-refractivity contribution < 1.29 is 4.79 Å². The fourth-order valence-corrected chi connectivity index (χ4v) is 4.89. The lowest BCUT2D eigenvalue weighted by atomic mass is 9.94. The molecule has 1 amide bonds. The molecule has 132 valence electrons. The third-order valence-corrected chi connectivity index (χ3v) is 6.20. The van der Waals surface area contributed by atoms with Gasteiger partial charge in [-0.05, 0) is 65.3 Å². The van der Waals surface area contributed by atoms with Crippen LogP contribution < -0.4 is 0 Å². The zero-order valence-corrected chi connectivity index (χ0v) is 15.3. The SMILES string of the molecule is O=C(CCc1ccsc1)N1C[C@H]2CC[C@@H]1CN(Cc1ccncc1)C2. The van der Waals surface area contributed by atoms with Crippen LogP contribution in [0.5, 0.6) is 0 Å². The topological polar surface area (TPSA) is 36.4 Å². The predicted octanol–water partition coefficient (Wildman–Crippen LogP) is 3.20. The first kappa shape index (κ1) is 16.7. The van der Waals surface area contributed by atoms with Gasteiger partial charge >= 0.3 is 0 Å². The summed E-state index contributed by atoms with van der Waals surface area (Å²) in [5.74, 6) is 0.956. The molecule has 5 rings (SSSR count). The normalized spacial score (nSPS) is 23.6. The van der Waals surface area contributed by atoms with Crippen molar-refractivity contribution in [2.45, 2.75) is 38.3 Å². The molecular formula is C20H25N3OS. The maximum absolute atomic E-state index is 12.8. The van der Waals surface area contributed by atoms with Gasteiger partial charge in [-0.3, -0.25) is 14.7 Å². The fourth-order valence-electron chi connectivity index (χ4n) is 4.19. The maximum Gasteiger partial charge on any atom is 0.223 e. The second-order valence-electron chi connectivity index (χ2n) is 7.32. The van der Waals surface area contributed by atoms with Gasteiger partial charge in [0.15, 0.2) is 0 Å². The second-order valence-corrected chi connectivity index (χ2v) is 8.10. The Morgan fingerprint density at radius 3 is 2.80 bits per heavy atom. The molecule has 3 fully saturated rings. The van der Waals surface area contributed by atoms with Gasteiger partial charge in [-0.2, -0.15) is 11.3 Å². The van der Waals surface area contributed by atoms with Crippen LogP contribution in [0.25, 0.3) is 0 Å². The van der Waals surface area contributed by atoms with Gasteiger partial charge in [-0.15, -0.1) is 0 Å². The maximum atomic E-state index is 12.8. The lowest BCUT2D eigenvalue weighted by Gasteiger charge is -2.36. The summed E-state index contributed by atoms with van der Waals surface area (Å²) in [6.07, 6.45) is 7.65. The molecule has 3 saturated heterocycles. The molecule has 0 saturated carbocycles. The minimum atomic E-state index is 0.340. The van der Waals surface area contributed by atoms with Crippen LogP contribution in [0.2, 0.25) is 0 Å². The Labute approximate surface area is 153 Å². The van der Waals surface area contributed by atoms with Crippen LogP contribution in [-0.4, -0.2) is 46.4 Å². The number of fused-ring (bicyclic) bond motifs is 4. The first-order valence-corrected chi connectivity index (χ1v) is 10.1. The summed E-state index contributed by atoms with van der Waals surface area (Å²) >= 11 is 1.71. The number of carbonyl (C=O) groups excluding carboxylic acids is 1. The smallest absolute Gasteiger partial charge is 0.223 e. The van der Waals surface area contributed by atoms with E-state index in [2.05, 4.69) is 43.7 Å². The average molecular weight is 356 g/mol. The van der Waals surface area contributed by atoms with E-state index in [4.69, 9.17) is 0 Å². The first-order valence-electron chi connectivity index (χ1n) is 9.20. The lowest BCUT2D eigenvalue weighted by molar-refractivity contribution is -0.135. The summed E-state index contributed by atoms with van der Waals surface area (Å²) in [7, 11) is 0. The molecule has 2 atom stereocenters. The summed E-state index contributed by atoms with van der Waals surface area (Å²) in [5.41, 5.74) is 2.60. The zero-order chi connectivity index (χ0) is 17.1. The van der Waals surface area contributed by atoms with Crippen molar-refractivity contribution in [1.29, 1.82) is 0 Å². The molecule has 0 aromatic carbocycles. The van der Waals surface area contributed by atoms with E-state index in [1.54, 1.807) is 11.3 Å². The fraction of sp³-hybridized carbons (Fsp3) is 0.500. The van der Waals surface area contributed by atoms with Gasteiger partial charge in [0.25, 0.3) is 0 Å². The number of thiophene rings is 1. The first-order chi connectivity index (χ1) is 12.3. The van der Waals surface area contributed by atoms with E-state index in [-0.39, 0.29) is 0 Å². The van der Waals surface area contributed by atoms with Crippen LogP contribution in [0.3, 0.4) is 0 Å². The van der Waals surface area contributed by atoms with Gasteiger partial charge in [-0.25, -0.2) is 0 Å². The van der Waals surface area contributed by atoms with E-state index < -0.39 is 0 Å². The summed E-state index contributed by atoms with van der Waals surface area (Å²) in [6.45, 7) is 4.02. The molecular weight excluding hydrogens is 330 g/mol. The Balaban J connectivity index is 1.38. The van der Waals surface area contributed by atoms with Gasteiger partial charge in [0.2, 0.25) is 5.91 Å². The van der Waals surface area contributed by atoms with Crippen LogP contribution in [-0.2, 0) is 17.8 Å². The van der Waals surface area contributed by atoms with Crippen molar-refractivity contribution in [3.05, 3.63) is 52.5 Å². The van der Waals surface area contributed by atoms with E-state index in [9.17, 15) is 4.79 Å². The zero-order valence-electron chi connectivity index (χ0n) is 14.5. The standard InChI is InChI=1S/C20H25N3OS/c24-20(4-2-17-7-10-25-15-17)23-13-18-1-3-19(23)14-22(12-18)11-16-5-8-21-9-6-16/h5-10,15,18-19H,1-4,11-14H2/t18-,19+/m0/s1. The number of piperidine rings is 1. The molecule has 4 nitrogen and oxygen atoms in total. The third-order valence-electron chi connectivity index (χ3n) is 5.47. The lowest BCUT2D eigenvalue weighted by Crippen LogP contribution is -2.47. The number of amides is 1. The average Bonchev–Trinajstić information content (AvgIpc) is 3.01. The summed E-state index contributed by atoms with van der Waals surface area (Å²) in [5, 5.41) is 4.24. The predicted molar refractivity (Wildman–Crippen MR) is 100 cm³/mol. The van der Waals surface area contributed by atoms with Crippen LogP contribution >= 0.6 is 11.3 Å². The molecule has 2 bridgehead atoms. The number of carbonyl (C=O) groups is 1. The highest BCUT2D eigenvalue weighted by atomic mass is 32.1. The number of nitrogens with zero attached hydrogens (tertiary/aromatic N) is 3. The monoisotopic (exact) mass is 355 g/mol. The molecule has 0 unspecified atom stereocenters. The van der Waals surface area contributed by atoms with Gasteiger partial charge < -0.3 is 4.90 Å². The van der Waals surface area contributed by atoms with Crippen molar-refractivity contribution in [3.63, 3.8) is 0 Å². The molecule has 5 heteroatoms. The molecule has 0 N–H and O–H groups in total. The molecule has 2 aromatic heterocycles. The van der Waals surface area contributed by atoms with E-state index in [0.717, 1.165) is 39.0 Å². The molecule has 25 heavy (non-hydrogen) atoms. The molecule has 5 heterocycles. The summed E-state index contributed by atoms with van der Waals surface area (Å²) in [6, 6.07) is 6.70. The van der Waals surface area contributed by atoms with E-state index in [1.807, 2.05) is 12.4 Å². The number of aromatic nitrogens is 1. The molecule has 3 aliphatic heterocycles. The summed E-state index contributed by atoms with van der Waals surface area (Å²) < 4.78 is 0. The Kier molecular flexibility index (Phi) is 5.13. The van der Waals surface area contributed by atoms with E-state index in [1.165, 1.54) is 17.5 Å². The number of pyridine rings is 1.